The van der Waals surface area contributed by atoms with E-state index in [2.05, 4.69) is 4.98 Å². The number of primary amides is 1. The van der Waals surface area contributed by atoms with Gasteiger partial charge in [-0.25, -0.2) is 14.3 Å². The van der Waals surface area contributed by atoms with E-state index in [0.717, 1.165) is 11.0 Å². The highest BCUT2D eigenvalue weighted by Crippen LogP contribution is 2.21. The van der Waals surface area contributed by atoms with Crippen LogP contribution in [-0.4, -0.2) is 21.8 Å². The topological polar surface area (TPSA) is 60.9 Å². The van der Waals surface area contributed by atoms with Gasteiger partial charge in [0.1, 0.15) is 0 Å². The number of thioether (sulfide) groups is 1. The first-order valence-corrected chi connectivity index (χ1v) is 5.28. The molecule has 0 saturated heterocycles. The number of aromatic nitrogens is 2. The van der Waals surface area contributed by atoms with Crippen LogP contribution in [0.3, 0.4) is 0 Å². The number of hydrogen-bond acceptors (Lipinski definition) is 3. The van der Waals surface area contributed by atoms with Gasteiger partial charge in [-0.3, -0.25) is 0 Å². The van der Waals surface area contributed by atoms with Crippen LogP contribution in [0.15, 0.2) is 29.4 Å². The van der Waals surface area contributed by atoms with Crippen LogP contribution in [-0.2, 0) is 0 Å². The van der Waals surface area contributed by atoms with Gasteiger partial charge < -0.3 is 5.73 Å². The summed E-state index contributed by atoms with van der Waals surface area (Å²) in [6, 6.07) is 6.92. The summed E-state index contributed by atoms with van der Waals surface area (Å²) in [5.41, 5.74) is 6.81. The molecule has 0 spiro atoms. The van der Waals surface area contributed by atoms with Gasteiger partial charge in [-0.15, -0.1) is 0 Å². The Labute approximate surface area is 85.1 Å². The first-order chi connectivity index (χ1) is 6.74. The maximum absolute atomic E-state index is 11.2. The Balaban J connectivity index is 2.81. The zero-order valence-electron chi connectivity index (χ0n) is 7.60. The molecule has 0 aliphatic carbocycles. The summed E-state index contributed by atoms with van der Waals surface area (Å²) in [6.45, 7) is 0. The molecule has 0 fully saturated rings. The van der Waals surface area contributed by atoms with Gasteiger partial charge >= 0.3 is 6.03 Å². The lowest BCUT2D eigenvalue weighted by Gasteiger charge is -1.99. The summed E-state index contributed by atoms with van der Waals surface area (Å²) in [5.74, 6) is 0. The molecule has 2 rings (SSSR count). The van der Waals surface area contributed by atoms with Crippen LogP contribution < -0.4 is 5.73 Å². The molecule has 0 aliphatic heterocycles. The molecule has 0 saturated carbocycles. The molecule has 4 nitrogen and oxygen atoms in total. The highest BCUT2D eigenvalue weighted by molar-refractivity contribution is 7.98. The summed E-state index contributed by atoms with van der Waals surface area (Å²) in [6.07, 6.45) is 1.86. The van der Waals surface area contributed by atoms with Crippen LogP contribution in [0.25, 0.3) is 11.0 Å². The summed E-state index contributed by atoms with van der Waals surface area (Å²) >= 11 is 1.40. The molecule has 5 heteroatoms. The second kappa shape index (κ2) is 3.34. The second-order valence-corrected chi connectivity index (χ2v) is 3.53. The van der Waals surface area contributed by atoms with Gasteiger partial charge in [-0.1, -0.05) is 23.9 Å². The van der Waals surface area contributed by atoms with Gasteiger partial charge in [-0.2, -0.15) is 0 Å². The third-order valence-electron chi connectivity index (χ3n) is 1.93. The van der Waals surface area contributed by atoms with Crippen molar-refractivity contribution in [2.45, 2.75) is 5.16 Å². The third kappa shape index (κ3) is 1.26. The Kier molecular flexibility index (Phi) is 2.17. The number of carbonyl (C=O) groups excluding carboxylic acids is 1. The van der Waals surface area contributed by atoms with Gasteiger partial charge in [0.25, 0.3) is 0 Å². The molecule has 1 heterocycles. The van der Waals surface area contributed by atoms with Crippen molar-refractivity contribution in [1.29, 1.82) is 0 Å². The van der Waals surface area contributed by atoms with E-state index in [1.54, 1.807) is 0 Å². The number of carbonyl (C=O) groups is 1. The van der Waals surface area contributed by atoms with Crippen molar-refractivity contribution < 1.29 is 4.79 Å². The Bertz CT molecular complexity index is 492. The van der Waals surface area contributed by atoms with Gasteiger partial charge in [-0.05, 0) is 18.4 Å². The van der Waals surface area contributed by atoms with Gasteiger partial charge in [0.05, 0.1) is 11.0 Å². The minimum Gasteiger partial charge on any atom is -0.351 e. The van der Waals surface area contributed by atoms with E-state index in [1.165, 1.54) is 16.3 Å². The largest absolute Gasteiger partial charge is 0.351 e. The number of para-hydroxylation sites is 2. The van der Waals surface area contributed by atoms with Crippen molar-refractivity contribution in [3.8, 4) is 0 Å². The quantitative estimate of drug-likeness (QED) is 0.724. The van der Waals surface area contributed by atoms with Crippen LogP contribution >= 0.6 is 11.8 Å². The number of benzene rings is 1. The molecule has 72 valence electrons. The van der Waals surface area contributed by atoms with Crippen molar-refractivity contribution in [1.82, 2.24) is 9.55 Å². The Morgan fingerprint density at radius 2 is 2.21 bits per heavy atom. The lowest BCUT2D eigenvalue weighted by molar-refractivity contribution is 0.249. The van der Waals surface area contributed by atoms with Gasteiger partial charge in [0.2, 0.25) is 0 Å². The van der Waals surface area contributed by atoms with Gasteiger partial charge in [0.15, 0.2) is 5.16 Å². The fraction of sp³-hybridized carbons (Fsp3) is 0.111. The van der Waals surface area contributed by atoms with Crippen LogP contribution in [0, 0.1) is 0 Å². The number of amides is 1. The monoisotopic (exact) mass is 207 g/mol. The average Bonchev–Trinajstić information content (AvgIpc) is 2.55. The molecule has 2 aromatic rings. The molecular weight excluding hydrogens is 198 g/mol. The summed E-state index contributed by atoms with van der Waals surface area (Å²) in [4.78, 5) is 15.5. The minimum absolute atomic E-state index is 0.497. The first kappa shape index (κ1) is 9.08. The zero-order valence-corrected chi connectivity index (χ0v) is 8.41. The van der Waals surface area contributed by atoms with Crippen molar-refractivity contribution in [2.24, 2.45) is 5.73 Å². The number of fused-ring (bicyclic) bond motifs is 1. The lowest BCUT2D eigenvalue weighted by Crippen LogP contribution is -2.19. The average molecular weight is 207 g/mol. The molecule has 0 aliphatic rings. The minimum atomic E-state index is -0.497. The Hall–Kier alpha value is -1.49. The molecule has 0 radical (unpaired) electrons. The molecule has 14 heavy (non-hydrogen) atoms. The summed E-state index contributed by atoms with van der Waals surface area (Å²) in [5, 5.41) is 0.624. The van der Waals surface area contributed by atoms with Crippen molar-refractivity contribution >= 4 is 28.8 Å². The highest BCUT2D eigenvalue weighted by Gasteiger charge is 2.12. The molecule has 1 amide bonds. The Morgan fingerprint density at radius 1 is 1.50 bits per heavy atom. The van der Waals surface area contributed by atoms with E-state index in [-0.39, 0.29) is 0 Å². The molecule has 0 bridgehead atoms. The van der Waals surface area contributed by atoms with Crippen molar-refractivity contribution in [3.63, 3.8) is 0 Å². The van der Waals surface area contributed by atoms with E-state index < -0.39 is 6.03 Å². The summed E-state index contributed by atoms with van der Waals surface area (Å²) < 4.78 is 1.42. The van der Waals surface area contributed by atoms with Crippen LogP contribution in [0.2, 0.25) is 0 Å². The summed E-state index contributed by atoms with van der Waals surface area (Å²) in [7, 11) is 0. The van der Waals surface area contributed by atoms with E-state index in [4.69, 9.17) is 5.73 Å². The number of hydrogen-bond donors (Lipinski definition) is 1. The Morgan fingerprint density at radius 3 is 2.86 bits per heavy atom. The molecule has 1 aromatic heterocycles. The number of rotatable bonds is 1. The van der Waals surface area contributed by atoms with Crippen molar-refractivity contribution in [2.75, 3.05) is 6.26 Å². The molecule has 1 aromatic carbocycles. The van der Waals surface area contributed by atoms with Crippen LogP contribution in [0.5, 0.6) is 0 Å². The van der Waals surface area contributed by atoms with E-state index in [0.29, 0.717) is 5.16 Å². The normalized spacial score (nSPS) is 10.6. The van der Waals surface area contributed by atoms with E-state index >= 15 is 0 Å². The maximum Gasteiger partial charge on any atom is 0.325 e. The molecule has 0 atom stereocenters. The van der Waals surface area contributed by atoms with Crippen LogP contribution in [0.4, 0.5) is 4.79 Å². The SMILES string of the molecule is CSc1nc2ccccc2n1C(N)=O. The smallest absolute Gasteiger partial charge is 0.325 e. The first-order valence-electron chi connectivity index (χ1n) is 4.05. The van der Waals surface area contributed by atoms with Crippen LogP contribution in [0.1, 0.15) is 0 Å². The third-order valence-corrected chi connectivity index (χ3v) is 2.57. The predicted molar refractivity (Wildman–Crippen MR) is 56.5 cm³/mol. The van der Waals surface area contributed by atoms with Gasteiger partial charge in [0, 0.05) is 0 Å². The van der Waals surface area contributed by atoms with Crippen molar-refractivity contribution in [3.05, 3.63) is 24.3 Å². The molecular formula is C9H9N3OS. The standard InChI is InChI=1S/C9H9N3OS/c1-14-9-11-6-4-2-3-5-7(6)12(9)8(10)13/h2-5H,1H3,(H2,10,13). The highest BCUT2D eigenvalue weighted by atomic mass is 32.2. The van der Waals surface area contributed by atoms with E-state index in [1.807, 2.05) is 30.5 Å². The number of nitrogens with zero attached hydrogens (tertiary/aromatic N) is 2. The van der Waals surface area contributed by atoms with E-state index in [9.17, 15) is 4.79 Å². The predicted octanol–water partition coefficient (Wildman–Crippen LogP) is 1.68. The molecule has 2 N–H and O–H groups in total. The lowest BCUT2D eigenvalue weighted by atomic mass is 10.3. The molecule has 0 unspecified atom stereocenters. The fourth-order valence-corrected chi connectivity index (χ4v) is 1.91. The maximum atomic E-state index is 11.2. The zero-order chi connectivity index (χ0) is 10.1. The second-order valence-electron chi connectivity index (χ2n) is 2.76. The fourth-order valence-electron chi connectivity index (χ4n) is 1.35. The number of imidazole rings is 1. The number of nitrogens with two attached hydrogens (primary N) is 1.